The van der Waals surface area contributed by atoms with Gasteiger partial charge in [-0.25, -0.2) is 4.79 Å². The molecule has 1 aliphatic heterocycles. The first-order valence-electron chi connectivity index (χ1n) is 11.2. The molecular formula is C27H26BrNO5. The Kier molecular flexibility index (Phi) is 6.93. The smallest absolute Gasteiger partial charge is 0.336 e. The van der Waals surface area contributed by atoms with E-state index in [0.29, 0.717) is 51.6 Å². The molecule has 2 aromatic carbocycles. The highest BCUT2D eigenvalue weighted by molar-refractivity contribution is 9.10. The van der Waals surface area contributed by atoms with Crippen molar-refractivity contribution in [1.82, 2.24) is 5.32 Å². The number of hydrogen-bond donors (Lipinski definition) is 1. The summed E-state index contributed by atoms with van der Waals surface area (Å²) in [5.74, 6) is -0.169. The summed E-state index contributed by atoms with van der Waals surface area (Å²) in [6.07, 6.45) is 1.65. The van der Waals surface area contributed by atoms with Crippen molar-refractivity contribution in [3.63, 3.8) is 0 Å². The molecule has 0 spiro atoms. The molecule has 7 heteroatoms. The van der Waals surface area contributed by atoms with E-state index in [0.717, 1.165) is 16.8 Å². The Morgan fingerprint density at radius 2 is 1.88 bits per heavy atom. The SMILES string of the molecule is C=CCOc1c(Br)cc([C@H]2C(C(=O)OCC)=C(C)NC3=C2C(=O)c2ccccc23)cc1OCC. The number of allylic oxidation sites excluding steroid dienone is 2. The van der Waals surface area contributed by atoms with Crippen LogP contribution in [-0.4, -0.2) is 31.6 Å². The number of carbonyl (C=O) groups excluding carboxylic acids is 2. The number of rotatable bonds is 8. The van der Waals surface area contributed by atoms with Gasteiger partial charge < -0.3 is 19.5 Å². The number of Topliss-reactive ketones (excluding diaryl/α,β-unsaturated/α-hetero) is 1. The quantitative estimate of drug-likeness (QED) is 0.361. The van der Waals surface area contributed by atoms with Gasteiger partial charge in [-0.1, -0.05) is 36.9 Å². The third-order valence-corrected chi connectivity index (χ3v) is 6.34. The number of halogens is 1. The van der Waals surface area contributed by atoms with Gasteiger partial charge >= 0.3 is 5.97 Å². The first-order chi connectivity index (χ1) is 16.4. The molecule has 0 fully saturated rings. The van der Waals surface area contributed by atoms with E-state index in [4.69, 9.17) is 14.2 Å². The van der Waals surface area contributed by atoms with Crippen LogP contribution >= 0.6 is 15.9 Å². The van der Waals surface area contributed by atoms with Crippen molar-refractivity contribution in [2.45, 2.75) is 26.7 Å². The Hall–Kier alpha value is -3.32. The number of esters is 1. The molecule has 0 radical (unpaired) electrons. The molecule has 0 saturated carbocycles. The van der Waals surface area contributed by atoms with E-state index in [1.807, 2.05) is 50.2 Å². The minimum Gasteiger partial charge on any atom is -0.490 e. The predicted octanol–water partition coefficient (Wildman–Crippen LogP) is 5.54. The van der Waals surface area contributed by atoms with Crippen molar-refractivity contribution >= 4 is 33.4 Å². The normalized spacial score (nSPS) is 16.6. The second kappa shape index (κ2) is 9.89. The summed E-state index contributed by atoms with van der Waals surface area (Å²) in [6, 6.07) is 11.2. The second-order valence-corrected chi connectivity index (χ2v) is 8.70. The Bertz CT molecular complexity index is 1240. The van der Waals surface area contributed by atoms with Crippen LogP contribution < -0.4 is 14.8 Å². The maximum absolute atomic E-state index is 13.6. The average Bonchev–Trinajstić information content (AvgIpc) is 3.09. The van der Waals surface area contributed by atoms with Gasteiger partial charge in [0.05, 0.1) is 29.0 Å². The Morgan fingerprint density at radius 3 is 2.56 bits per heavy atom. The summed E-state index contributed by atoms with van der Waals surface area (Å²) in [4.78, 5) is 26.7. The minimum atomic E-state index is -0.640. The van der Waals surface area contributed by atoms with Crippen molar-refractivity contribution in [1.29, 1.82) is 0 Å². The molecule has 176 valence electrons. The molecule has 4 rings (SSSR count). The standard InChI is InChI=1S/C27H26BrNO5/c1-5-12-34-26-19(28)13-16(14-20(26)32-6-2)22-21(27(31)33-7-3)15(4)29-24-17-10-8-9-11-18(17)25(30)23(22)24/h5,8-11,13-14,22,29H,1,6-7,12H2,2-4H3/t22-/m0/s1. The lowest BCUT2D eigenvalue weighted by molar-refractivity contribution is -0.138. The predicted molar refractivity (Wildman–Crippen MR) is 134 cm³/mol. The highest BCUT2D eigenvalue weighted by atomic mass is 79.9. The number of dihydropyridines is 1. The minimum absolute atomic E-state index is 0.113. The molecule has 0 aromatic heterocycles. The Morgan fingerprint density at radius 1 is 1.15 bits per heavy atom. The fourth-order valence-corrected chi connectivity index (χ4v) is 5.02. The third-order valence-electron chi connectivity index (χ3n) is 5.75. The monoisotopic (exact) mass is 523 g/mol. The lowest BCUT2D eigenvalue weighted by atomic mass is 9.79. The van der Waals surface area contributed by atoms with E-state index in [1.54, 1.807) is 13.0 Å². The lowest BCUT2D eigenvalue weighted by Gasteiger charge is -2.30. The summed E-state index contributed by atoms with van der Waals surface area (Å²) in [5.41, 5.74) is 4.44. The molecule has 2 aromatic rings. The summed E-state index contributed by atoms with van der Waals surface area (Å²) in [5, 5.41) is 3.31. The van der Waals surface area contributed by atoms with Crippen molar-refractivity contribution in [2.24, 2.45) is 0 Å². The van der Waals surface area contributed by atoms with Crippen LogP contribution in [-0.2, 0) is 9.53 Å². The highest BCUT2D eigenvalue weighted by Crippen LogP contribution is 2.49. The van der Waals surface area contributed by atoms with Gasteiger partial charge in [0.25, 0.3) is 0 Å². The average molecular weight is 524 g/mol. The number of hydrogen-bond acceptors (Lipinski definition) is 6. The fourth-order valence-electron chi connectivity index (χ4n) is 4.44. The molecule has 0 saturated heterocycles. The molecule has 1 aliphatic carbocycles. The largest absolute Gasteiger partial charge is 0.490 e. The zero-order valence-electron chi connectivity index (χ0n) is 19.4. The van der Waals surface area contributed by atoms with Gasteiger partial charge in [-0.3, -0.25) is 4.79 Å². The second-order valence-electron chi connectivity index (χ2n) is 7.84. The van der Waals surface area contributed by atoms with E-state index < -0.39 is 11.9 Å². The summed E-state index contributed by atoms with van der Waals surface area (Å²) in [7, 11) is 0. The zero-order valence-corrected chi connectivity index (χ0v) is 21.0. The van der Waals surface area contributed by atoms with Gasteiger partial charge in [0.1, 0.15) is 6.61 Å². The van der Waals surface area contributed by atoms with Gasteiger partial charge in [-0.2, -0.15) is 0 Å². The van der Waals surface area contributed by atoms with E-state index in [-0.39, 0.29) is 12.4 Å². The van der Waals surface area contributed by atoms with Crippen LogP contribution in [0.5, 0.6) is 11.5 Å². The van der Waals surface area contributed by atoms with Gasteiger partial charge in [0.2, 0.25) is 0 Å². The van der Waals surface area contributed by atoms with Crippen LogP contribution in [0.3, 0.4) is 0 Å². The zero-order chi connectivity index (χ0) is 24.4. The lowest BCUT2D eigenvalue weighted by Crippen LogP contribution is -2.29. The number of carbonyl (C=O) groups is 2. The maximum Gasteiger partial charge on any atom is 0.336 e. The molecule has 34 heavy (non-hydrogen) atoms. The fraction of sp³-hybridized carbons (Fsp3) is 0.259. The Labute approximate surface area is 207 Å². The summed E-state index contributed by atoms with van der Waals surface area (Å²) < 4.78 is 17.8. The van der Waals surface area contributed by atoms with E-state index in [2.05, 4.69) is 27.8 Å². The van der Waals surface area contributed by atoms with Gasteiger partial charge in [0, 0.05) is 28.3 Å². The van der Waals surface area contributed by atoms with Gasteiger partial charge in [-0.15, -0.1) is 0 Å². The molecule has 1 atom stereocenters. The maximum atomic E-state index is 13.6. The van der Waals surface area contributed by atoms with E-state index in [9.17, 15) is 9.59 Å². The van der Waals surface area contributed by atoms with Gasteiger partial charge in [-0.05, 0) is 54.4 Å². The first-order valence-corrected chi connectivity index (χ1v) is 11.9. The van der Waals surface area contributed by atoms with Crippen molar-refractivity contribution in [3.8, 4) is 11.5 Å². The van der Waals surface area contributed by atoms with E-state index in [1.165, 1.54) is 0 Å². The summed E-state index contributed by atoms with van der Waals surface area (Å²) >= 11 is 3.60. The number of nitrogens with one attached hydrogen (secondary N) is 1. The first kappa shape index (κ1) is 23.8. The topological polar surface area (TPSA) is 73.9 Å². The number of ketones is 1. The number of fused-ring (bicyclic) bond motifs is 2. The molecule has 0 bridgehead atoms. The molecule has 0 unspecified atom stereocenters. The highest BCUT2D eigenvalue weighted by Gasteiger charge is 2.43. The van der Waals surface area contributed by atoms with Crippen molar-refractivity contribution < 1.29 is 23.8 Å². The van der Waals surface area contributed by atoms with Crippen LogP contribution in [0, 0.1) is 0 Å². The third kappa shape index (κ3) is 4.05. The van der Waals surface area contributed by atoms with Crippen LogP contribution in [0.4, 0.5) is 0 Å². The summed E-state index contributed by atoms with van der Waals surface area (Å²) in [6.45, 7) is 10.1. The number of benzene rings is 2. The molecular weight excluding hydrogens is 498 g/mol. The van der Waals surface area contributed by atoms with Crippen LogP contribution in [0.1, 0.15) is 48.2 Å². The van der Waals surface area contributed by atoms with Gasteiger partial charge in [0.15, 0.2) is 17.3 Å². The molecule has 1 heterocycles. The van der Waals surface area contributed by atoms with Crippen molar-refractivity contribution in [2.75, 3.05) is 19.8 Å². The van der Waals surface area contributed by atoms with Crippen molar-refractivity contribution in [3.05, 3.63) is 87.1 Å². The molecule has 0 amide bonds. The van der Waals surface area contributed by atoms with E-state index >= 15 is 0 Å². The molecule has 1 N–H and O–H groups in total. The molecule has 2 aliphatic rings. The Balaban J connectivity index is 1.93. The van der Waals surface area contributed by atoms with Crippen LogP contribution in [0.2, 0.25) is 0 Å². The van der Waals surface area contributed by atoms with Crippen LogP contribution in [0.25, 0.3) is 5.70 Å². The van der Waals surface area contributed by atoms with Crippen LogP contribution in [0.15, 0.2) is 70.4 Å². The molecule has 6 nitrogen and oxygen atoms in total. The number of ether oxygens (including phenoxy) is 3.